The number of rotatable bonds is 8. The Hall–Kier alpha value is -2.15. The normalized spacial score (nSPS) is 10.0. The Morgan fingerprint density at radius 1 is 1.26 bits per heavy atom. The fourth-order valence-corrected chi connectivity index (χ4v) is 1.52. The summed E-state index contributed by atoms with van der Waals surface area (Å²) < 4.78 is 15.3. The van der Waals surface area contributed by atoms with Gasteiger partial charge in [-0.3, -0.25) is 10.1 Å². The van der Waals surface area contributed by atoms with Crippen LogP contribution >= 0.6 is 0 Å². The van der Waals surface area contributed by atoms with Gasteiger partial charge in [0.25, 0.3) is 5.69 Å². The van der Waals surface area contributed by atoms with E-state index in [2.05, 4.69) is 0 Å². The lowest BCUT2D eigenvalue weighted by molar-refractivity contribution is -0.385. The van der Waals surface area contributed by atoms with Gasteiger partial charge in [-0.2, -0.15) is 0 Å². The van der Waals surface area contributed by atoms with E-state index in [0.717, 1.165) is 0 Å². The molecule has 0 unspecified atom stereocenters. The zero-order valence-electron chi connectivity index (χ0n) is 10.8. The first-order chi connectivity index (χ1) is 9.13. The van der Waals surface area contributed by atoms with E-state index in [1.165, 1.54) is 26.4 Å². The van der Waals surface area contributed by atoms with E-state index < -0.39 is 4.92 Å². The summed E-state index contributed by atoms with van der Waals surface area (Å²) in [6.07, 6.45) is 0.550. The molecule has 0 aliphatic rings. The van der Waals surface area contributed by atoms with Gasteiger partial charge in [0.15, 0.2) is 11.5 Å². The van der Waals surface area contributed by atoms with Crippen LogP contribution in [0.3, 0.4) is 0 Å². The van der Waals surface area contributed by atoms with Gasteiger partial charge in [0.1, 0.15) is 12.9 Å². The van der Waals surface area contributed by atoms with Gasteiger partial charge in [-0.25, -0.2) is 0 Å². The zero-order chi connectivity index (χ0) is 14.3. The number of aldehydes is 1. The third-order valence-corrected chi connectivity index (χ3v) is 2.41. The van der Waals surface area contributed by atoms with E-state index in [0.29, 0.717) is 18.6 Å². The molecule has 0 heterocycles. The number of nitro benzene ring substituents is 1. The first kappa shape index (κ1) is 14.9. The highest BCUT2D eigenvalue weighted by atomic mass is 16.6. The second-order valence-electron chi connectivity index (χ2n) is 3.60. The topological polar surface area (TPSA) is 87.9 Å². The Morgan fingerprint density at radius 3 is 2.53 bits per heavy atom. The number of carbonyl (C=O) groups is 1. The van der Waals surface area contributed by atoms with Crippen molar-refractivity contribution in [3.05, 3.63) is 27.8 Å². The summed E-state index contributed by atoms with van der Waals surface area (Å²) in [7, 11) is 2.93. The number of ether oxygens (including phenoxy) is 3. The molecule has 104 valence electrons. The largest absolute Gasteiger partial charge is 0.493 e. The molecule has 1 rings (SSSR count). The van der Waals surface area contributed by atoms with Crippen molar-refractivity contribution < 1.29 is 23.9 Å². The average Bonchev–Trinajstić information content (AvgIpc) is 2.39. The van der Waals surface area contributed by atoms with Crippen LogP contribution in [0.25, 0.3) is 0 Å². The number of hydrogen-bond acceptors (Lipinski definition) is 6. The number of nitro groups is 1. The summed E-state index contributed by atoms with van der Waals surface area (Å²) in [6, 6.07) is 2.70. The number of benzene rings is 1. The van der Waals surface area contributed by atoms with Gasteiger partial charge in [0, 0.05) is 19.1 Å². The Balaban J connectivity index is 3.11. The molecule has 0 aliphatic carbocycles. The number of hydrogen-bond donors (Lipinski definition) is 0. The quantitative estimate of drug-likeness (QED) is 0.306. The number of nitrogens with zero attached hydrogens (tertiary/aromatic N) is 1. The van der Waals surface area contributed by atoms with Crippen molar-refractivity contribution in [3.8, 4) is 11.5 Å². The molecule has 0 saturated heterocycles. The lowest BCUT2D eigenvalue weighted by atomic mass is 10.1. The van der Waals surface area contributed by atoms with E-state index in [1.54, 1.807) is 0 Å². The third kappa shape index (κ3) is 3.92. The molecule has 0 N–H and O–H groups in total. The average molecular weight is 269 g/mol. The molecule has 19 heavy (non-hydrogen) atoms. The first-order valence-electron chi connectivity index (χ1n) is 5.54. The molecule has 0 bridgehead atoms. The fourth-order valence-electron chi connectivity index (χ4n) is 1.52. The van der Waals surface area contributed by atoms with Crippen LogP contribution in [0.4, 0.5) is 5.69 Å². The Kier molecular flexibility index (Phi) is 5.74. The zero-order valence-corrected chi connectivity index (χ0v) is 10.8. The molecule has 0 radical (unpaired) electrons. The highest BCUT2D eigenvalue weighted by molar-refractivity contribution is 5.63. The summed E-state index contributed by atoms with van der Waals surface area (Å²) in [4.78, 5) is 20.9. The molecule has 1 aromatic carbocycles. The van der Waals surface area contributed by atoms with Crippen molar-refractivity contribution >= 4 is 12.0 Å². The van der Waals surface area contributed by atoms with Crippen LogP contribution in [-0.4, -0.2) is 38.6 Å². The smallest absolute Gasteiger partial charge is 0.277 e. The van der Waals surface area contributed by atoms with Crippen LogP contribution < -0.4 is 9.47 Å². The molecule has 0 fully saturated rings. The maximum atomic E-state index is 10.9. The molecule has 7 heteroatoms. The monoisotopic (exact) mass is 269 g/mol. The van der Waals surface area contributed by atoms with Gasteiger partial charge in [-0.05, 0) is 6.07 Å². The van der Waals surface area contributed by atoms with Gasteiger partial charge in [-0.15, -0.1) is 0 Å². The molecule has 7 nitrogen and oxygen atoms in total. The van der Waals surface area contributed by atoms with Gasteiger partial charge in [0.2, 0.25) is 0 Å². The third-order valence-electron chi connectivity index (χ3n) is 2.41. The molecule has 0 saturated carbocycles. The van der Waals surface area contributed by atoms with E-state index in [4.69, 9.17) is 14.2 Å². The van der Waals surface area contributed by atoms with Crippen molar-refractivity contribution in [2.24, 2.45) is 0 Å². The summed E-state index contributed by atoms with van der Waals surface area (Å²) in [5, 5.41) is 10.9. The number of carbonyl (C=O) groups excluding carboxylic acids is 1. The Labute approximate surface area is 110 Å². The van der Waals surface area contributed by atoms with Crippen LogP contribution in [0.1, 0.15) is 5.56 Å². The van der Waals surface area contributed by atoms with Crippen molar-refractivity contribution in [1.29, 1.82) is 0 Å². The van der Waals surface area contributed by atoms with Crippen molar-refractivity contribution in [2.75, 3.05) is 27.4 Å². The molecule has 0 spiro atoms. The Bertz CT molecular complexity index is 460. The van der Waals surface area contributed by atoms with Crippen LogP contribution in [0.2, 0.25) is 0 Å². The molecular formula is C12H15NO6. The second-order valence-corrected chi connectivity index (χ2v) is 3.60. The van der Waals surface area contributed by atoms with E-state index in [1.807, 2.05) is 0 Å². The lowest BCUT2D eigenvalue weighted by Gasteiger charge is -2.11. The van der Waals surface area contributed by atoms with Crippen LogP contribution in [0.5, 0.6) is 11.5 Å². The molecule has 0 atom stereocenters. The van der Waals surface area contributed by atoms with E-state index in [9.17, 15) is 14.9 Å². The van der Waals surface area contributed by atoms with Crippen molar-refractivity contribution in [2.45, 2.75) is 6.42 Å². The van der Waals surface area contributed by atoms with Crippen LogP contribution in [0, 0.1) is 10.1 Å². The minimum absolute atomic E-state index is 0.0546. The summed E-state index contributed by atoms with van der Waals surface area (Å²) in [6.45, 7) is 0.661. The molecule has 0 aromatic heterocycles. The Morgan fingerprint density at radius 2 is 2.00 bits per heavy atom. The highest BCUT2D eigenvalue weighted by Gasteiger charge is 2.19. The minimum atomic E-state index is -0.555. The van der Waals surface area contributed by atoms with E-state index >= 15 is 0 Å². The standard InChI is InChI=1S/C12H15NO6/c1-17-5-6-19-12-7-9(3-4-14)10(13(15)16)8-11(12)18-2/h4,7-8H,3,5-6H2,1-2H3. The summed E-state index contributed by atoms with van der Waals surface area (Å²) in [5.41, 5.74) is 0.122. The van der Waals surface area contributed by atoms with E-state index in [-0.39, 0.29) is 30.0 Å². The van der Waals surface area contributed by atoms with Gasteiger partial charge < -0.3 is 19.0 Å². The minimum Gasteiger partial charge on any atom is -0.493 e. The molecule has 1 aromatic rings. The fraction of sp³-hybridized carbons (Fsp3) is 0.417. The SMILES string of the molecule is COCCOc1cc(CC=O)c([N+](=O)[O-])cc1OC. The van der Waals surface area contributed by atoms with Crippen LogP contribution in [-0.2, 0) is 16.0 Å². The van der Waals surface area contributed by atoms with Gasteiger partial charge in [-0.1, -0.05) is 0 Å². The van der Waals surface area contributed by atoms with Crippen LogP contribution in [0.15, 0.2) is 12.1 Å². The molecule has 0 amide bonds. The molecule has 0 aliphatic heterocycles. The van der Waals surface area contributed by atoms with Gasteiger partial charge >= 0.3 is 0 Å². The maximum Gasteiger partial charge on any atom is 0.277 e. The predicted octanol–water partition coefficient (Wildman–Crippen LogP) is 1.37. The second kappa shape index (κ2) is 7.32. The predicted molar refractivity (Wildman–Crippen MR) is 66.8 cm³/mol. The van der Waals surface area contributed by atoms with Crippen molar-refractivity contribution in [1.82, 2.24) is 0 Å². The highest BCUT2D eigenvalue weighted by Crippen LogP contribution is 2.34. The van der Waals surface area contributed by atoms with Crippen molar-refractivity contribution in [3.63, 3.8) is 0 Å². The summed E-state index contributed by atoms with van der Waals surface area (Å²) >= 11 is 0. The first-order valence-corrected chi connectivity index (χ1v) is 5.54. The lowest BCUT2D eigenvalue weighted by Crippen LogP contribution is -2.06. The molecular weight excluding hydrogens is 254 g/mol. The maximum absolute atomic E-state index is 10.9. The number of methoxy groups -OCH3 is 2. The van der Waals surface area contributed by atoms with Gasteiger partial charge in [0.05, 0.1) is 24.7 Å². The summed E-state index contributed by atoms with van der Waals surface area (Å²) in [5.74, 6) is 0.597.